The second-order valence-electron chi connectivity index (χ2n) is 2.82. The molecule has 1 aromatic heterocycles. The Bertz CT molecular complexity index is 502. The van der Waals surface area contributed by atoms with E-state index in [9.17, 15) is 4.79 Å². The molecule has 2 rings (SSSR count). The predicted molar refractivity (Wildman–Crippen MR) is 58.1 cm³/mol. The molecule has 0 atom stereocenters. The Labute approximate surface area is 89.3 Å². The summed E-state index contributed by atoms with van der Waals surface area (Å²) in [5.41, 5.74) is 0.555. The Hall–Kier alpha value is -1.35. The minimum Gasteiger partial charge on any atom is -0.423 e. The van der Waals surface area contributed by atoms with E-state index in [2.05, 4.69) is 15.9 Å². The molecular weight excluding hydrogens is 244 g/mol. The van der Waals surface area contributed by atoms with E-state index in [4.69, 9.17) is 4.42 Å². The fourth-order valence-corrected chi connectivity index (χ4v) is 1.59. The Morgan fingerprint density at radius 3 is 2.57 bits per heavy atom. The monoisotopic (exact) mass is 250 g/mol. The molecule has 0 spiro atoms. The molecule has 1 heterocycles. The molecule has 2 nitrogen and oxygen atoms in total. The first kappa shape index (κ1) is 9.21. The third kappa shape index (κ3) is 1.93. The maximum atomic E-state index is 11.0. The van der Waals surface area contributed by atoms with Gasteiger partial charge in [0.2, 0.25) is 0 Å². The van der Waals surface area contributed by atoms with Crippen molar-refractivity contribution >= 4 is 15.9 Å². The molecule has 0 aliphatic carbocycles. The van der Waals surface area contributed by atoms with Crippen molar-refractivity contribution in [3.05, 3.63) is 57.4 Å². The van der Waals surface area contributed by atoms with Crippen LogP contribution in [-0.2, 0) is 0 Å². The summed E-state index contributed by atoms with van der Waals surface area (Å²) >= 11 is 3.36. The van der Waals surface area contributed by atoms with Gasteiger partial charge in [-0.3, -0.25) is 0 Å². The summed E-state index contributed by atoms with van der Waals surface area (Å²) in [5.74, 6) is 0.582. The maximum absolute atomic E-state index is 11.0. The molecular formula is C11H7BrO2. The van der Waals surface area contributed by atoms with Crippen LogP contribution in [0.1, 0.15) is 0 Å². The van der Waals surface area contributed by atoms with Crippen molar-refractivity contribution in [2.45, 2.75) is 0 Å². The lowest BCUT2D eigenvalue weighted by molar-refractivity contribution is 0.526. The molecule has 0 radical (unpaired) electrons. The highest BCUT2D eigenvalue weighted by Crippen LogP contribution is 2.21. The molecule has 2 aromatic rings. The Morgan fingerprint density at radius 2 is 1.86 bits per heavy atom. The molecule has 0 saturated carbocycles. The number of hydrogen-bond donors (Lipinski definition) is 0. The summed E-state index contributed by atoms with van der Waals surface area (Å²) in [7, 11) is 0. The Balaban J connectivity index is 2.55. The van der Waals surface area contributed by atoms with Crippen LogP contribution >= 0.6 is 15.9 Å². The second-order valence-corrected chi connectivity index (χ2v) is 3.74. The van der Waals surface area contributed by atoms with Crippen LogP contribution in [0.4, 0.5) is 0 Å². The fraction of sp³-hybridized carbons (Fsp3) is 0. The van der Waals surface area contributed by atoms with Crippen LogP contribution in [0.3, 0.4) is 0 Å². The number of halogens is 1. The Morgan fingerprint density at radius 1 is 1.07 bits per heavy atom. The van der Waals surface area contributed by atoms with Crippen molar-refractivity contribution in [1.82, 2.24) is 0 Å². The van der Waals surface area contributed by atoms with Gasteiger partial charge in [0.25, 0.3) is 0 Å². The van der Waals surface area contributed by atoms with Crippen molar-refractivity contribution in [2.24, 2.45) is 0 Å². The minimum atomic E-state index is -0.331. The number of hydrogen-bond acceptors (Lipinski definition) is 2. The third-order valence-electron chi connectivity index (χ3n) is 1.80. The van der Waals surface area contributed by atoms with E-state index in [0.29, 0.717) is 5.76 Å². The molecule has 0 N–H and O–H groups in total. The van der Waals surface area contributed by atoms with Crippen molar-refractivity contribution in [2.75, 3.05) is 0 Å². The normalized spacial score (nSPS) is 10.1. The van der Waals surface area contributed by atoms with Gasteiger partial charge in [-0.2, -0.15) is 0 Å². The maximum Gasteiger partial charge on any atom is 0.336 e. The summed E-state index contributed by atoms with van der Waals surface area (Å²) in [6, 6.07) is 12.4. The van der Waals surface area contributed by atoms with Crippen LogP contribution < -0.4 is 5.63 Å². The van der Waals surface area contributed by atoms with Gasteiger partial charge in [-0.15, -0.1) is 0 Å². The highest BCUT2D eigenvalue weighted by molar-refractivity contribution is 9.10. The molecule has 70 valence electrons. The smallest absolute Gasteiger partial charge is 0.336 e. The van der Waals surface area contributed by atoms with Gasteiger partial charge in [0.15, 0.2) is 0 Å². The first-order chi connectivity index (χ1) is 6.75. The zero-order valence-electron chi connectivity index (χ0n) is 7.24. The van der Waals surface area contributed by atoms with Gasteiger partial charge in [-0.05, 0) is 18.2 Å². The van der Waals surface area contributed by atoms with Crippen LogP contribution in [0.2, 0.25) is 0 Å². The lowest BCUT2D eigenvalue weighted by atomic mass is 10.2. The summed E-state index contributed by atoms with van der Waals surface area (Å²) in [4.78, 5) is 11.0. The molecule has 0 bridgehead atoms. The highest BCUT2D eigenvalue weighted by Gasteiger charge is 2.00. The average Bonchev–Trinajstić information content (AvgIpc) is 2.18. The van der Waals surface area contributed by atoms with Crippen molar-refractivity contribution in [1.29, 1.82) is 0 Å². The van der Waals surface area contributed by atoms with Crippen molar-refractivity contribution in [3.63, 3.8) is 0 Å². The first-order valence-electron chi connectivity index (χ1n) is 4.12. The summed E-state index contributed by atoms with van der Waals surface area (Å²) < 4.78 is 6.00. The van der Waals surface area contributed by atoms with Crippen LogP contribution in [0.5, 0.6) is 0 Å². The van der Waals surface area contributed by atoms with E-state index in [1.54, 1.807) is 12.1 Å². The van der Waals surface area contributed by atoms with E-state index in [1.807, 2.05) is 24.3 Å². The van der Waals surface area contributed by atoms with E-state index in [1.165, 1.54) is 6.07 Å². The predicted octanol–water partition coefficient (Wildman–Crippen LogP) is 3.07. The van der Waals surface area contributed by atoms with Crippen LogP contribution in [0.15, 0.2) is 56.1 Å². The van der Waals surface area contributed by atoms with E-state index in [-0.39, 0.29) is 5.63 Å². The largest absolute Gasteiger partial charge is 0.423 e. The molecule has 1 aromatic carbocycles. The minimum absolute atomic E-state index is 0.331. The standard InChI is InChI=1S/C11H7BrO2/c12-9-4-1-3-8(7-9)10-5-2-6-11(13)14-10/h1-7H. The lowest BCUT2D eigenvalue weighted by Crippen LogP contribution is -1.94. The quantitative estimate of drug-likeness (QED) is 0.779. The fourth-order valence-electron chi connectivity index (χ4n) is 1.19. The zero-order valence-corrected chi connectivity index (χ0v) is 8.82. The average molecular weight is 251 g/mol. The van der Waals surface area contributed by atoms with Crippen molar-refractivity contribution < 1.29 is 4.42 Å². The number of rotatable bonds is 1. The van der Waals surface area contributed by atoms with Crippen LogP contribution in [0.25, 0.3) is 11.3 Å². The van der Waals surface area contributed by atoms with Crippen LogP contribution in [0, 0.1) is 0 Å². The molecule has 3 heteroatoms. The lowest BCUT2D eigenvalue weighted by Gasteiger charge is -1.99. The SMILES string of the molecule is O=c1cccc(-c2cccc(Br)c2)o1. The molecule has 0 unspecified atom stereocenters. The van der Waals surface area contributed by atoms with E-state index >= 15 is 0 Å². The van der Waals surface area contributed by atoms with Crippen LogP contribution in [-0.4, -0.2) is 0 Å². The molecule has 0 aliphatic rings. The Kier molecular flexibility index (Phi) is 2.50. The summed E-state index contributed by atoms with van der Waals surface area (Å²) in [6.45, 7) is 0. The van der Waals surface area contributed by atoms with Gasteiger partial charge >= 0.3 is 5.63 Å². The topological polar surface area (TPSA) is 30.2 Å². The van der Waals surface area contributed by atoms with Gasteiger partial charge in [0, 0.05) is 16.1 Å². The van der Waals surface area contributed by atoms with Gasteiger partial charge < -0.3 is 4.42 Å². The van der Waals surface area contributed by atoms with Gasteiger partial charge in [-0.25, -0.2) is 4.79 Å². The third-order valence-corrected chi connectivity index (χ3v) is 2.29. The number of benzene rings is 1. The molecule has 0 amide bonds. The molecule has 0 aliphatic heterocycles. The van der Waals surface area contributed by atoms with Gasteiger partial charge in [0.1, 0.15) is 5.76 Å². The first-order valence-corrected chi connectivity index (χ1v) is 4.91. The van der Waals surface area contributed by atoms with E-state index < -0.39 is 0 Å². The summed E-state index contributed by atoms with van der Waals surface area (Å²) in [5, 5.41) is 0. The molecule has 0 fully saturated rings. The molecule has 14 heavy (non-hydrogen) atoms. The zero-order chi connectivity index (χ0) is 9.97. The van der Waals surface area contributed by atoms with E-state index in [0.717, 1.165) is 10.0 Å². The summed E-state index contributed by atoms with van der Waals surface area (Å²) in [6.07, 6.45) is 0. The van der Waals surface area contributed by atoms with Gasteiger partial charge in [-0.1, -0.05) is 34.1 Å². The molecule has 0 saturated heterocycles. The van der Waals surface area contributed by atoms with Gasteiger partial charge in [0.05, 0.1) is 0 Å². The van der Waals surface area contributed by atoms with Crippen molar-refractivity contribution in [3.8, 4) is 11.3 Å². The highest BCUT2D eigenvalue weighted by atomic mass is 79.9. The second kappa shape index (κ2) is 3.80.